The van der Waals surface area contributed by atoms with Gasteiger partial charge in [0.1, 0.15) is 18.1 Å². The van der Waals surface area contributed by atoms with Crippen LogP contribution in [0.25, 0.3) is 22.3 Å². The van der Waals surface area contributed by atoms with Crippen molar-refractivity contribution in [2.45, 2.75) is 83.2 Å². The number of carboxylic acids is 1. The summed E-state index contributed by atoms with van der Waals surface area (Å²) >= 11 is 0. The molecule has 0 aliphatic heterocycles. The predicted molar refractivity (Wildman–Crippen MR) is 206 cm³/mol. The second-order valence-electron chi connectivity index (χ2n) is 15.6. The molecule has 3 fully saturated rings. The van der Waals surface area contributed by atoms with Crippen LogP contribution < -0.4 is 14.8 Å². The average molecular weight is 760 g/mol. The highest BCUT2D eigenvalue weighted by atomic mass is 35.5. The fourth-order valence-electron chi connectivity index (χ4n) is 7.86. The van der Waals surface area contributed by atoms with E-state index < -0.39 is 16.0 Å². The molecule has 0 radical (unpaired) electrons. The lowest BCUT2D eigenvalue weighted by Gasteiger charge is -2.63. The van der Waals surface area contributed by atoms with E-state index in [4.69, 9.17) is 9.72 Å². The van der Waals surface area contributed by atoms with Crippen molar-refractivity contribution in [3.8, 4) is 17.1 Å². The van der Waals surface area contributed by atoms with E-state index in [2.05, 4.69) is 56.4 Å². The lowest BCUT2D eigenvalue weighted by Crippen LogP contribution is -2.55. The number of ether oxygens (including phenoxy) is 1. The van der Waals surface area contributed by atoms with Gasteiger partial charge < -0.3 is 19.7 Å². The monoisotopic (exact) mass is 759 g/mol. The summed E-state index contributed by atoms with van der Waals surface area (Å²) in [5, 5.41) is 14.1. The highest BCUT2D eigenvalue weighted by Crippen LogP contribution is 2.66. The third-order valence-corrected chi connectivity index (χ3v) is 11.8. The van der Waals surface area contributed by atoms with Crippen LogP contribution in [0.1, 0.15) is 79.5 Å². The second kappa shape index (κ2) is 14.3. The van der Waals surface area contributed by atoms with Gasteiger partial charge in [0, 0.05) is 47.4 Å². The van der Waals surface area contributed by atoms with Crippen LogP contribution in [0.5, 0.6) is 5.88 Å². The number of benzene rings is 2. The van der Waals surface area contributed by atoms with Crippen LogP contribution in [0, 0.1) is 25.2 Å². The van der Waals surface area contributed by atoms with Gasteiger partial charge in [-0.1, -0.05) is 45.0 Å². The first-order valence-electron chi connectivity index (χ1n) is 17.6. The smallest absolute Gasteiger partial charge is 0.335 e. The summed E-state index contributed by atoms with van der Waals surface area (Å²) in [6, 6.07) is 14.9. The van der Waals surface area contributed by atoms with Gasteiger partial charge in [0.2, 0.25) is 11.8 Å². The van der Waals surface area contributed by atoms with Crippen molar-refractivity contribution >= 4 is 45.4 Å². The summed E-state index contributed by atoms with van der Waals surface area (Å²) in [6.07, 6.45) is 6.50. The molecule has 3 aliphatic carbocycles. The number of halogens is 1. The average Bonchev–Trinajstić information content (AvgIpc) is 3.39. The molecule has 280 valence electrons. The molecule has 2 aromatic carbocycles. The number of carbonyl (C=O) groups is 1. The van der Waals surface area contributed by atoms with Gasteiger partial charge in [-0.25, -0.2) is 32.9 Å². The maximum absolute atomic E-state index is 13.5. The third kappa shape index (κ3) is 7.88. The summed E-state index contributed by atoms with van der Waals surface area (Å²) in [5.74, 6) is 0.323. The van der Waals surface area contributed by atoms with E-state index in [1.807, 2.05) is 45.3 Å². The van der Waals surface area contributed by atoms with E-state index >= 15 is 0 Å². The minimum Gasteiger partial charge on any atom is -0.478 e. The minimum atomic E-state index is -4.24. The highest BCUT2D eigenvalue weighted by Gasteiger charge is 2.56. The van der Waals surface area contributed by atoms with Crippen molar-refractivity contribution in [2.75, 3.05) is 11.3 Å². The van der Waals surface area contributed by atoms with Gasteiger partial charge in [0.25, 0.3) is 10.0 Å². The van der Waals surface area contributed by atoms with Gasteiger partial charge in [0.15, 0.2) is 0 Å². The zero-order valence-electron chi connectivity index (χ0n) is 30.8. The first-order valence-corrected chi connectivity index (χ1v) is 19.1. The number of sulfonamides is 1. The van der Waals surface area contributed by atoms with Crippen molar-refractivity contribution < 1.29 is 23.1 Å². The van der Waals surface area contributed by atoms with Gasteiger partial charge in [-0.15, -0.1) is 12.4 Å². The van der Waals surface area contributed by atoms with Gasteiger partial charge in [-0.2, -0.15) is 4.98 Å². The van der Waals surface area contributed by atoms with Gasteiger partial charge >= 0.3 is 5.97 Å². The number of rotatable bonds is 13. The Bertz CT molecular complexity index is 2270. The van der Waals surface area contributed by atoms with Crippen molar-refractivity contribution in [1.29, 1.82) is 0 Å². The quantitative estimate of drug-likeness (QED) is 0.114. The molecule has 14 heteroatoms. The summed E-state index contributed by atoms with van der Waals surface area (Å²) in [5.41, 5.74) is 5.49. The van der Waals surface area contributed by atoms with Crippen LogP contribution in [0.2, 0.25) is 0 Å². The summed E-state index contributed by atoms with van der Waals surface area (Å²) in [7, 11) is -2.19. The molecule has 3 saturated carbocycles. The van der Waals surface area contributed by atoms with Crippen LogP contribution in [0.15, 0.2) is 65.7 Å². The molecular weight excluding hydrogens is 714 g/mol. The molecule has 1 atom stereocenters. The Kier molecular flexibility index (Phi) is 10.3. The summed E-state index contributed by atoms with van der Waals surface area (Å²) < 4.78 is 37.9. The number of nitrogens with zero attached hydrogens (tertiary/aromatic N) is 5. The van der Waals surface area contributed by atoms with Crippen LogP contribution in [0.3, 0.4) is 0 Å². The number of fused-ring (bicyclic) bond motifs is 1. The Morgan fingerprint density at radius 1 is 1.04 bits per heavy atom. The first kappa shape index (κ1) is 38.1. The summed E-state index contributed by atoms with van der Waals surface area (Å²) in [6.45, 7) is 11.2. The number of carboxylic acid groups (broad SMARTS) is 1. The molecule has 2 bridgehead atoms. The Labute approximate surface area is 316 Å². The predicted octanol–water partition coefficient (Wildman–Crippen LogP) is 6.99. The van der Waals surface area contributed by atoms with Gasteiger partial charge in [-0.05, 0) is 86.3 Å². The number of nitrogens with one attached hydrogen (secondary N) is 2. The van der Waals surface area contributed by atoms with E-state index in [1.54, 1.807) is 6.07 Å². The lowest BCUT2D eigenvalue weighted by molar-refractivity contribution is -0.119. The molecule has 12 nitrogen and oxygen atoms in total. The fraction of sp³-hybridized carbons (Fsp3) is 0.410. The molecule has 0 saturated heterocycles. The molecular formula is C39H46ClN7O5S. The molecule has 3 N–H and O–H groups in total. The number of hydrogen-bond donors (Lipinski definition) is 3. The first-order chi connectivity index (χ1) is 24.6. The molecule has 53 heavy (non-hydrogen) atoms. The number of aromatic carboxylic acids is 1. The topological polar surface area (TPSA) is 161 Å². The van der Waals surface area contributed by atoms with Gasteiger partial charge in [-0.3, -0.25) is 0 Å². The second-order valence-corrected chi connectivity index (χ2v) is 17.3. The normalized spacial score (nSPS) is 18.4. The van der Waals surface area contributed by atoms with Crippen molar-refractivity contribution in [3.63, 3.8) is 0 Å². The number of anilines is 1. The highest BCUT2D eigenvalue weighted by molar-refractivity contribution is 7.92. The molecule has 3 aromatic heterocycles. The standard InChI is InChI=1S/C39H45N7O5S.ClH/c1-23-9-7-10-24(2)34(23)30-15-33(44-37(42-30)45-52(49,50)29-12-8-11-26(13-29)36(47)48)51-22-28(19-39-16-25(17-39)18-39)40-21-32-41-20-27-14-31(38(3,4)5)46(6)35(27)43-32;/h7-15,20,25,28,40H,16-19,21-22H2,1-6H3,(H,47,48)(H,42,44,45);1H/t25?,28-,39?;/m1./s1. The summed E-state index contributed by atoms with van der Waals surface area (Å²) in [4.78, 5) is 30.0. The molecule has 5 aromatic rings. The Morgan fingerprint density at radius 3 is 2.38 bits per heavy atom. The molecule has 0 amide bonds. The molecule has 8 rings (SSSR count). The lowest BCUT2D eigenvalue weighted by atomic mass is 9.43. The fourth-order valence-corrected chi connectivity index (χ4v) is 8.85. The molecule has 3 heterocycles. The Balaban J connectivity index is 0.00000481. The van der Waals surface area contributed by atoms with E-state index in [0.29, 0.717) is 23.5 Å². The van der Waals surface area contributed by atoms with E-state index in [-0.39, 0.29) is 52.8 Å². The number of hydrogen-bond acceptors (Lipinski definition) is 9. The molecule has 0 spiro atoms. The SMILES string of the molecule is Cc1cccc(C)c1-c1cc(OC[C@@H](CC23CC(C2)C3)NCc2ncc3cc(C(C)(C)C)n(C)c3n2)nc(NS(=O)(=O)c2cccc(C(=O)O)c2)n1.Cl. The minimum absolute atomic E-state index is 0. The van der Waals surface area contributed by atoms with E-state index in [1.165, 1.54) is 43.2 Å². The maximum Gasteiger partial charge on any atom is 0.335 e. The van der Waals surface area contributed by atoms with E-state index in [0.717, 1.165) is 46.1 Å². The zero-order chi connectivity index (χ0) is 37.0. The Hall–Kier alpha value is -4.59. The number of aromatic nitrogens is 5. The van der Waals surface area contributed by atoms with Crippen LogP contribution in [-0.4, -0.2) is 56.6 Å². The molecule has 3 aliphatic rings. The van der Waals surface area contributed by atoms with Crippen LogP contribution in [-0.2, 0) is 29.0 Å². The largest absolute Gasteiger partial charge is 0.478 e. The van der Waals surface area contributed by atoms with E-state index in [9.17, 15) is 18.3 Å². The van der Waals surface area contributed by atoms with Crippen molar-refractivity contribution in [1.82, 2.24) is 29.8 Å². The van der Waals surface area contributed by atoms with Crippen LogP contribution >= 0.6 is 12.4 Å². The van der Waals surface area contributed by atoms with Gasteiger partial charge in [0.05, 0.1) is 22.7 Å². The van der Waals surface area contributed by atoms with Crippen molar-refractivity contribution in [2.24, 2.45) is 18.4 Å². The zero-order valence-corrected chi connectivity index (χ0v) is 32.4. The number of aryl methyl sites for hydroxylation is 3. The maximum atomic E-state index is 13.5. The van der Waals surface area contributed by atoms with Crippen molar-refractivity contribution in [3.05, 3.63) is 89.0 Å². The third-order valence-electron chi connectivity index (χ3n) is 10.5. The Morgan fingerprint density at radius 2 is 1.74 bits per heavy atom. The van der Waals surface area contributed by atoms with Crippen LogP contribution in [0.4, 0.5) is 5.95 Å². The molecule has 0 unspecified atom stereocenters.